The van der Waals surface area contributed by atoms with E-state index in [0.29, 0.717) is 0 Å². The Morgan fingerprint density at radius 1 is 0.846 bits per heavy atom. The number of hydrogen-bond acceptors (Lipinski definition) is 2. The van der Waals surface area contributed by atoms with Crippen LogP contribution in [0.15, 0.2) is 97.1 Å². The molecule has 0 amide bonds. The molecular formula is C33H34FIN2OSi. The third-order valence-electron chi connectivity index (χ3n) is 7.45. The van der Waals surface area contributed by atoms with Gasteiger partial charge < -0.3 is 4.43 Å². The Balaban J connectivity index is 1.66. The van der Waals surface area contributed by atoms with Gasteiger partial charge in [-0.05, 0) is 69.5 Å². The zero-order valence-corrected chi connectivity index (χ0v) is 26.1. The van der Waals surface area contributed by atoms with Gasteiger partial charge in [0, 0.05) is 22.6 Å². The SMILES string of the molecule is Cn1nc(CI)cc1CCc1cc(O[Si](c2ccccc2)(c2ccccc2)C(C)(C)C)c2ccc(F)cc2c1. The summed E-state index contributed by atoms with van der Waals surface area (Å²) < 4.78 is 24.7. The van der Waals surface area contributed by atoms with Crippen molar-refractivity contribution < 1.29 is 8.82 Å². The molecule has 39 heavy (non-hydrogen) atoms. The summed E-state index contributed by atoms with van der Waals surface area (Å²) in [6, 6.07) is 32.7. The molecule has 0 unspecified atom stereocenters. The largest absolute Gasteiger partial charge is 0.534 e. The van der Waals surface area contributed by atoms with E-state index in [-0.39, 0.29) is 10.9 Å². The molecule has 6 heteroatoms. The highest BCUT2D eigenvalue weighted by atomic mass is 127. The van der Waals surface area contributed by atoms with E-state index in [1.807, 2.05) is 17.8 Å². The van der Waals surface area contributed by atoms with E-state index in [1.54, 1.807) is 6.07 Å². The molecule has 0 aliphatic heterocycles. The van der Waals surface area contributed by atoms with Crippen molar-refractivity contribution in [1.29, 1.82) is 0 Å². The standard InChI is InChI=1S/C33H34FIN2OSi/c1-33(2,3)39(29-11-7-5-8-12-29,30-13-9-6-10-14-30)38-32-20-24(19-25-21-26(34)16-18-31(25)32)15-17-28-22-27(23-35)36-37(28)4/h5-14,16,18-22H,15,17,23H2,1-4H3. The maximum atomic E-state index is 14.5. The average Bonchev–Trinajstić information content (AvgIpc) is 3.30. The molecule has 0 radical (unpaired) electrons. The van der Waals surface area contributed by atoms with Crippen LogP contribution in [0.1, 0.15) is 37.7 Å². The average molecular weight is 649 g/mol. The fourth-order valence-corrected chi connectivity index (χ4v) is 10.4. The topological polar surface area (TPSA) is 27.1 Å². The van der Waals surface area contributed by atoms with Gasteiger partial charge in [-0.15, -0.1) is 0 Å². The lowest BCUT2D eigenvalue weighted by Crippen LogP contribution is -2.68. The van der Waals surface area contributed by atoms with E-state index in [2.05, 4.69) is 127 Å². The molecule has 0 saturated heterocycles. The first kappa shape index (κ1) is 27.6. The Bertz CT molecular complexity index is 1540. The Labute approximate surface area is 245 Å². The molecular weight excluding hydrogens is 614 g/mol. The predicted octanol–water partition coefficient (Wildman–Crippen LogP) is 7.37. The van der Waals surface area contributed by atoms with Crippen molar-refractivity contribution in [2.75, 3.05) is 0 Å². The van der Waals surface area contributed by atoms with Gasteiger partial charge in [0.05, 0.1) is 5.69 Å². The van der Waals surface area contributed by atoms with Crippen LogP contribution in [0, 0.1) is 5.82 Å². The van der Waals surface area contributed by atoms with Crippen LogP contribution < -0.4 is 14.8 Å². The van der Waals surface area contributed by atoms with Crippen molar-refractivity contribution in [3.05, 3.63) is 120 Å². The van der Waals surface area contributed by atoms with E-state index in [0.717, 1.165) is 45.0 Å². The summed E-state index contributed by atoms with van der Waals surface area (Å²) >= 11 is 2.34. The lowest BCUT2D eigenvalue weighted by atomic mass is 10.0. The van der Waals surface area contributed by atoms with Gasteiger partial charge in [0.2, 0.25) is 0 Å². The molecule has 0 fully saturated rings. The Kier molecular flexibility index (Phi) is 7.96. The van der Waals surface area contributed by atoms with Crippen LogP contribution in [0.2, 0.25) is 5.04 Å². The fourth-order valence-electron chi connectivity index (χ4n) is 5.55. The number of halogens is 2. The van der Waals surface area contributed by atoms with Crippen LogP contribution in [-0.4, -0.2) is 18.1 Å². The van der Waals surface area contributed by atoms with Crippen molar-refractivity contribution in [2.24, 2.45) is 7.05 Å². The second-order valence-electron chi connectivity index (χ2n) is 11.1. The number of fused-ring (bicyclic) bond motifs is 1. The molecule has 5 aromatic rings. The summed E-state index contributed by atoms with van der Waals surface area (Å²) in [4.78, 5) is 0. The summed E-state index contributed by atoms with van der Waals surface area (Å²) in [5.41, 5.74) is 3.40. The molecule has 1 heterocycles. The van der Waals surface area contributed by atoms with Crippen LogP contribution >= 0.6 is 22.6 Å². The minimum absolute atomic E-state index is 0.178. The van der Waals surface area contributed by atoms with Crippen molar-refractivity contribution in [3.8, 4) is 5.75 Å². The smallest absolute Gasteiger partial charge is 0.319 e. The molecule has 0 spiro atoms. The van der Waals surface area contributed by atoms with Crippen molar-refractivity contribution >= 4 is 52.1 Å². The number of aryl methyl sites for hydroxylation is 3. The molecule has 4 aromatic carbocycles. The number of aromatic nitrogens is 2. The number of hydrogen-bond donors (Lipinski definition) is 0. The first-order valence-electron chi connectivity index (χ1n) is 13.3. The van der Waals surface area contributed by atoms with E-state index in [1.165, 1.54) is 22.1 Å². The highest BCUT2D eigenvalue weighted by Crippen LogP contribution is 2.40. The Morgan fingerprint density at radius 3 is 2.05 bits per heavy atom. The number of nitrogens with zero attached hydrogens (tertiary/aromatic N) is 2. The summed E-state index contributed by atoms with van der Waals surface area (Å²) in [5, 5.41) is 8.64. The zero-order valence-electron chi connectivity index (χ0n) is 22.9. The lowest BCUT2D eigenvalue weighted by Gasteiger charge is -2.43. The first-order chi connectivity index (χ1) is 18.7. The molecule has 200 valence electrons. The zero-order chi connectivity index (χ0) is 27.6. The highest BCUT2D eigenvalue weighted by molar-refractivity contribution is 14.1. The normalized spacial score (nSPS) is 12.2. The molecule has 3 nitrogen and oxygen atoms in total. The molecule has 0 bridgehead atoms. The van der Waals surface area contributed by atoms with Gasteiger partial charge in [-0.2, -0.15) is 5.10 Å². The Morgan fingerprint density at radius 2 is 1.49 bits per heavy atom. The number of rotatable bonds is 8. The minimum atomic E-state index is -2.85. The van der Waals surface area contributed by atoms with E-state index in [9.17, 15) is 4.39 Å². The molecule has 0 N–H and O–H groups in total. The van der Waals surface area contributed by atoms with Crippen molar-refractivity contribution in [1.82, 2.24) is 9.78 Å². The number of benzene rings is 4. The van der Waals surface area contributed by atoms with Crippen LogP contribution in [0.5, 0.6) is 5.75 Å². The third kappa shape index (κ3) is 5.54. The second-order valence-corrected chi connectivity index (χ2v) is 16.1. The molecule has 0 saturated carbocycles. The molecule has 0 aliphatic carbocycles. The van der Waals surface area contributed by atoms with Gasteiger partial charge in [-0.3, -0.25) is 4.68 Å². The second kappa shape index (κ2) is 11.3. The quantitative estimate of drug-likeness (QED) is 0.0999. The summed E-state index contributed by atoms with van der Waals surface area (Å²) in [6.07, 6.45) is 1.66. The highest BCUT2D eigenvalue weighted by Gasteiger charge is 2.52. The molecule has 1 aromatic heterocycles. The maximum absolute atomic E-state index is 14.5. The summed E-state index contributed by atoms with van der Waals surface area (Å²) in [6.45, 7) is 6.83. The molecule has 0 aliphatic rings. The minimum Gasteiger partial charge on any atom is -0.534 e. The van der Waals surface area contributed by atoms with Crippen LogP contribution in [0.4, 0.5) is 4.39 Å². The number of alkyl halides is 1. The van der Waals surface area contributed by atoms with Gasteiger partial charge in [-0.1, -0.05) is 110 Å². The van der Waals surface area contributed by atoms with E-state index < -0.39 is 8.32 Å². The van der Waals surface area contributed by atoms with Gasteiger partial charge in [0.15, 0.2) is 0 Å². The van der Waals surface area contributed by atoms with Crippen molar-refractivity contribution in [3.63, 3.8) is 0 Å². The van der Waals surface area contributed by atoms with Crippen LogP contribution in [0.25, 0.3) is 10.8 Å². The summed E-state index contributed by atoms with van der Waals surface area (Å²) in [5.74, 6) is 0.573. The maximum Gasteiger partial charge on any atom is 0.319 e. The van der Waals surface area contributed by atoms with Gasteiger partial charge in [0.1, 0.15) is 11.6 Å². The summed E-state index contributed by atoms with van der Waals surface area (Å²) in [7, 11) is -0.852. The monoisotopic (exact) mass is 648 g/mol. The van der Waals surface area contributed by atoms with E-state index in [4.69, 9.17) is 4.43 Å². The Hall–Kier alpha value is -2.97. The van der Waals surface area contributed by atoms with Gasteiger partial charge in [0.25, 0.3) is 0 Å². The van der Waals surface area contributed by atoms with Crippen LogP contribution in [0.3, 0.4) is 0 Å². The predicted molar refractivity (Wildman–Crippen MR) is 170 cm³/mol. The first-order valence-corrected chi connectivity index (χ1v) is 16.7. The van der Waals surface area contributed by atoms with Crippen LogP contribution in [-0.2, 0) is 24.3 Å². The van der Waals surface area contributed by atoms with Gasteiger partial charge >= 0.3 is 8.32 Å². The van der Waals surface area contributed by atoms with E-state index >= 15 is 0 Å². The lowest BCUT2D eigenvalue weighted by molar-refractivity contribution is 0.512. The van der Waals surface area contributed by atoms with Gasteiger partial charge in [-0.25, -0.2) is 4.39 Å². The molecule has 0 atom stereocenters. The fraction of sp³-hybridized carbons (Fsp3) is 0.242. The third-order valence-corrected chi connectivity index (χ3v) is 13.2. The van der Waals surface area contributed by atoms with Crippen molar-refractivity contribution in [2.45, 2.75) is 43.1 Å². The molecule has 5 rings (SSSR count).